The maximum atomic E-state index is 9.61. The van der Waals surface area contributed by atoms with Crippen LogP contribution in [0.15, 0.2) is 0 Å². The number of hydrogen-bond acceptors (Lipinski definition) is 3. The first kappa shape index (κ1) is 13.9. The van der Waals surface area contributed by atoms with Crippen molar-refractivity contribution in [1.82, 2.24) is 0 Å². The Labute approximate surface area is 99.1 Å². The first-order chi connectivity index (χ1) is 7.84. The van der Waals surface area contributed by atoms with E-state index in [0.29, 0.717) is 19.1 Å². The van der Waals surface area contributed by atoms with E-state index in [2.05, 4.69) is 6.92 Å². The Morgan fingerprint density at radius 3 is 2.44 bits per heavy atom. The minimum atomic E-state index is -0.0793. The lowest BCUT2D eigenvalue weighted by atomic mass is 10.0. The third-order valence-electron chi connectivity index (χ3n) is 3.27. The maximum absolute atomic E-state index is 9.61. The van der Waals surface area contributed by atoms with Crippen molar-refractivity contribution in [3.8, 4) is 0 Å². The van der Waals surface area contributed by atoms with E-state index in [1.807, 2.05) is 0 Å². The van der Waals surface area contributed by atoms with Crippen LogP contribution in [0.3, 0.4) is 0 Å². The molecule has 0 aliphatic heterocycles. The number of aliphatic hydroxyl groups is 1. The summed E-state index contributed by atoms with van der Waals surface area (Å²) in [5, 5.41) is 9.61. The Morgan fingerprint density at radius 2 is 1.81 bits per heavy atom. The molecule has 1 aliphatic rings. The van der Waals surface area contributed by atoms with Crippen LogP contribution in [0.25, 0.3) is 0 Å². The molecule has 1 fully saturated rings. The van der Waals surface area contributed by atoms with Gasteiger partial charge in [0.1, 0.15) is 0 Å². The zero-order chi connectivity index (χ0) is 11.6. The Bertz CT molecular complexity index is 161. The van der Waals surface area contributed by atoms with Crippen molar-refractivity contribution in [3.05, 3.63) is 0 Å². The molecule has 1 saturated carbocycles. The van der Waals surface area contributed by atoms with E-state index in [0.717, 1.165) is 38.9 Å². The summed E-state index contributed by atoms with van der Waals surface area (Å²) in [6.45, 7) is 5.16. The third-order valence-corrected chi connectivity index (χ3v) is 3.27. The highest BCUT2D eigenvalue weighted by Crippen LogP contribution is 2.27. The average molecular weight is 230 g/mol. The van der Waals surface area contributed by atoms with Crippen molar-refractivity contribution in [2.75, 3.05) is 26.4 Å². The van der Waals surface area contributed by atoms with Crippen molar-refractivity contribution in [3.63, 3.8) is 0 Å². The fourth-order valence-electron chi connectivity index (χ4n) is 2.16. The molecule has 3 nitrogen and oxygen atoms in total. The molecule has 0 saturated heterocycles. The summed E-state index contributed by atoms with van der Waals surface area (Å²) in [4.78, 5) is 0. The highest BCUT2D eigenvalue weighted by Gasteiger charge is 2.24. The molecule has 0 radical (unpaired) electrons. The summed E-state index contributed by atoms with van der Waals surface area (Å²) in [6, 6.07) is 0. The Hall–Kier alpha value is -0.120. The molecule has 0 aromatic heterocycles. The average Bonchev–Trinajstić information content (AvgIpc) is 2.68. The van der Waals surface area contributed by atoms with Gasteiger partial charge in [-0.25, -0.2) is 0 Å². The van der Waals surface area contributed by atoms with E-state index in [1.165, 1.54) is 12.8 Å². The molecule has 0 heterocycles. The van der Waals surface area contributed by atoms with Gasteiger partial charge >= 0.3 is 0 Å². The van der Waals surface area contributed by atoms with E-state index in [4.69, 9.17) is 9.47 Å². The molecular formula is C13H26O3. The lowest BCUT2D eigenvalue weighted by Crippen LogP contribution is -2.16. The molecule has 0 spiro atoms. The van der Waals surface area contributed by atoms with Gasteiger partial charge in [-0.15, -0.1) is 0 Å². The number of ether oxygens (including phenoxy) is 2. The van der Waals surface area contributed by atoms with Crippen LogP contribution in [0.4, 0.5) is 0 Å². The zero-order valence-electron chi connectivity index (χ0n) is 10.5. The number of rotatable bonds is 9. The van der Waals surface area contributed by atoms with E-state index in [1.54, 1.807) is 0 Å². The molecule has 0 bridgehead atoms. The van der Waals surface area contributed by atoms with Gasteiger partial charge in [0.05, 0.1) is 19.3 Å². The molecule has 16 heavy (non-hydrogen) atoms. The Kier molecular flexibility index (Phi) is 7.81. The molecule has 0 aromatic rings. The highest BCUT2D eigenvalue weighted by molar-refractivity contribution is 4.76. The van der Waals surface area contributed by atoms with Gasteiger partial charge in [0.25, 0.3) is 0 Å². The van der Waals surface area contributed by atoms with Crippen LogP contribution in [0.5, 0.6) is 0 Å². The molecule has 1 rings (SSSR count). The molecule has 0 aromatic carbocycles. The summed E-state index contributed by atoms with van der Waals surface area (Å²) < 4.78 is 10.9. The molecule has 2 atom stereocenters. The fourth-order valence-corrected chi connectivity index (χ4v) is 2.16. The molecule has 2 unspecified atom stereocenters. The quantitative estimate of drug-likeness (QED) is 0.618. The summed E-state index contributed by atoms with van der Waals surface area (Å²) in [6.07, 6.45) is 6.54. The lowest BCUT2D eigenvalue weighted by molar-refractivity contribution is 0.0337. The van der Waals surface area contributed by atoms with Crippen LogP contribution >= 0.6 is 0 Å². The van der Waals surface area contributed by atoms with Gasteiger partial charge in [-0.05, 0) is 31.6 Å². The topological polar surface area (TPSA) is 38.7 Å². The van der Waals surface area contributed by atoms with Crippen LogP contribution in [0.2, 0.25) is 0 Å². The van der Waals surface area contributed by atoms with Crippen molar-refractivity contribution in [1.29, 1.82) is 0 Å². The van der Waals surface area contributed by atoms with Crippen LogP contribution in [-0.2, 0) is 9.47 Å². The van der Waals surface area contributed by atoms with Gasteiger partial charge in [-0.3, -0.25) is 0 Å². The summed E-state index contributed by atoms with van der Waals surface area (Å²) >= 11 is 0. The predicted octanol–water partition coefficient (Wildman–Crippen LogP) is 2.37. The Morgan fingerprint density at radius 1 is 1.06 bits per heavy atom. The van der Waals surface area contributed by atoms with Crippen LogP contribution in [-0.4, -0.2) is 37.6 Å². The highest BCUT2D eigenvalue weighted by atomic mass is 16.5. The van der Waals surface area contributed by atoms with Gasteiger partial charge in [0.15, 0.2) is 0 Å². The van der Waals surface area contributed by atoms with Gasteiger partial charge in [0.2, 0.25) is 0 Å². The largest absolute Gasteiger partial charge is 0.393 e. The van der Waals surface area contributed by atoms with E-state index in [9.17, 15) is 5.11 Å². The second kappa shape index (κ2) is 8.97. The fraction of sp³-hybridized carbons (Fsp3) is 1.00. The lowest BCUT2D eigenvalue weighted by Gasteiger charge is -2.14. The van der Waals surface area contributed by atoms with Crippen molar-refractivity contribution in [2.24, 2.45) is 5.92 Å². The van der Waals surface area contributed by atoms with Gasteiger partial charge in [-0.1, -0.05) is 19.8 Å². The zero-order valence-corrected chi connectivity index (χ0v) is 10.5. The second-order valence-electron chi connectivity index (χ2n) is 4.63. The monoisotopic (exact) mass is 230 g/mol. The first-order valence-electron chi connectivity index (χ1n) is 6.68. The predicted molar refractivity (Wildman–Crippen MR) is 64.5 cm³/mol. The second-order valence-corrected chi connectivity index (χ2v) is 4.63. The molecule has 1 aliphatic carbocycles. The number of unbranched alkanes of at least 4 members (excludes halogenated alkanes) is 1. The minimum absolute atomic E-state index is 0.0793. The molecule has 96 valence electrons. The first-order valence-corrected chi connectivity index (χ1v) is 6.68. The van der Waals surface area contributed by atoms with Crippen molar-refractivity contribution < 1.29 is 14.6 Å². The summed E-state index contributed by atoms with van der Waals surface area (Å²) in [7, 11) is 0. The summed E-state index contributed by atoms with van der Waals surface area (Å²) in [5.41, 5.74) is 0. The smallest absolute Gasteiger partial charge is 0.0700 e. The molecule has 1 N–H and O–H groups in total. The normalized spacial score (nSPS) is 25.1. The third kappa shape index (κ3) is 5.83. The van der Waals surface area contributed by atoms with Crippen molar-refractivity contribution >= 4 is 0 Å². The van der Waals surface area contributed by atoms with E-state index in [-0.39, 0.29) is 6.10 Å². The molecule has 3 heteroatoms. The maximum Gasteiger partial charge on any atom is 0.0700 e. The summed E-state index contributed by atoms with van der Waals surface area (Å²) in [5.74, 6) is 0.473. The van der Waals surface area contributed by atoms with Gasteiger partial charge in [0, 0.05) is 13.2 Å². The number of hydrogen-bond donors (Lipinski definition) is 1. The number of aliphatic hydroxyl groups excluding tert-OH is 1. The van der Waals surface area contributed by atoms with Gasteiger partial charge in [-0.2, -0.15) is 0 Å². The van der Waals surface area contributed by atoms with E-state index < -0.39 is 0 Å². The van der Waals surface area contributed by atoms with Crippen LogP contribution in [0.1, 0.15) is 45.4 Å². The van der Waals surface area contributed by atoms with Crippen LogP contribution in [0, 0.1) is 5.92 Å². The van der Waals surface area contributed by atoms with Gasteiger partial charge < -0.3 is 14.6 Å². The molecule has 0 amide bonds. The minimum Gasteiger partial charge on any atom is -0.393 e. The van der Waals surface area contributed by atoms with E-state index >= 15 is 0 Å². The molecular weight excluding hydrogens is 204 g/mol. The standard InChI is InChI=1S/C13H26O3/c1-2-3-8-15-10-11-16-9-7-12-5-4-6-13(12)14/h12-14H,2-11H2,1H3. The Balaban J connectivity index is 1.81. The van der Waals surface area contributed by atoms with Crippen LogP contribution < -0.4 is 0 Å². The van der Waals surface area contributed by atoms with Crippen molar-refractivity contribution in [2.45, 2.75) is 51.6 Å². The SMILES string of the molecule is CCCCOCCOCCC1CCCC1O.